The smallest absolute Gasteiger partial charge is 0.166 e. The molecule has 0 saturated carbocycles. The molecule has 0 radical (unpaired) electrons. The molecule has 2 bridgehead atoms. The van der Waals surface area contributed by atoms with Gasteiger partial charge in [0.25, 0.3) is 0 Å². The fraction of sp³-hybridized carbons (Fsp3) is 0.611. The summed E-state index contributed by atoms with van der Waals surface area (Å²) in [6, 6.07) is 8.20. The summed E-state index contributed by atoms with van der Waals surface area (Å²) in [4.78, 5) is 15.2. The molecule has 0 aromatic heterocycles. The Balaban J connectivity index is 1.61. The highest BCUT2D eigenvalue weighted by molar-refractivity contribution is 5.98. The van der Waals surface area contributed by atoms with E-state index in [0.29, 0.717) is 25.3 Å². The van der Waals surface area contributed by atoms with Crippen molar-refractivity contribution in [3.8, 4) is 5.75 Å². The maximum Gasteiger partial charge on any atom is 0.166 e. The minimum absolute atomic E-state index is 0.102. The monoisotopic (exact) mass is 319 g/mol. The van der Waals surface area contributed by atoms with Crippen LogP contribution in [0.25, 0.3) is 0 Å². The van der Waals surface area contributed by atoms with E-state index in [-0.39, 0.29) is 11.7 Å². The van der Waals surface area contributed by atoms with Crippen LogP contribution in [0.15, 0.2) is 24.3 Å². The third-order valence-corrected chi connectivity index (χ3v) is 4.95. The molecule has 3 rings (SSSR count). The van der Waals surface area contributed by atoms with Gasteiger partial charge in [0.05, 0.1) is 19.8 Å². The van der Waals surface area contributed by atoms with Gasteiger partial charge in [-0.2, -0.15) is 0 Å². The number of likely N-dealkylation sites (N-methyl/N-ethyl adjacent to an activating group) is 1. The first-order chi connectivity index (χ1) is 11.2. The Kier molecular flexibility index (Phi) is 5.30. The molecule has 2 aliphatic heterocycles. The van der Waals surface area contributed by atoms with Crippen molar-refractivity contribution < 1.29 is 19.0 Å². The SMILES string of the molecule is COCCOc1ccc(C(=O)C2CC3COCC(C2)N3C)cc1. The fourth-order valence-corrected chi connectivity index (χ4v) is 3.50. The standard InChI is InChI=1S/C18H25NO4/c1-19-15-9-14(10-16(19)12-22-11-15)18(20)13-3-5-17(6-4-13)23-8-7-21-2/h3-6,14-16H,7-12H2,1-2H3. The molecule has 1 aromatic carbocycles. The molecule has 0 N–H and O–H groups in total. The predicted molar refractivity (Wildman–Crippen MR) is 87.0 cm³/mol. The van der Waals surface area contributed by atoms with Gasteiger partial charge in [-0.05, 0) is 44.2 Å². The zero-order valence-electron chi connectivity index (χ0n) is 13.9. The van der Waals surface area contributed by atoms with E-state index in [9.17, 15) is 4.79 Å². The molecule has 126 valence electrons. The van der Waals surface area contributed by atoms with Gasteiger partial charge in [0.15, 0.2) is 5.78 Å². The minimum Gasteiger partial charge on any atom is -0.491 e. The zero-order chi connectivity index (χ0) is 16.2. The lowest BCUT2D eigenvalue weighted by atomic mass is 9.81. The Bertz CT molecular complexity index is 516. The highest BCUT2D eigenvalue weighted by Crippen LogP contribution is 2.32. The summed E-state index contributed by atoms with van der Waals surface area (Å²) in [5.41, 5.74) is 0.776. The van der Waals surface area contributed by atoms with Crippen molar-refractivity contribution in [1.29, 1.82) is 0 Å². The minimum atomic E-state index is 0.102. The summed E-state index contributed by atoms with van der Waals surface area (Å²) in [6.07, 6.45) is 1.77. The number of hydrogen-bond donors (Lipinski definition) is 0. The Hall–Kier alpha value is -1.43. The summed E-state index contributed by atoms with van der Waals surface area (Å²) in [5, 5.41) is 0. The topological polar surface area (TPSA) is 48.0 Å². The number of carbonyl (C=O) groups excluding carboxylic acids is 1. The van der Waals surface area contributed by atoms with Gasteiger partial charge in [-0.1, -0.05) is 0 Å². The van der Waals surface area contributed by atoms with Crippen LogP contribution in [-0.4, -0.2) is 63.4 Å². The molecular weight excluding hydrogens is 294 g/mol. The molecule has 2 aliphatic rings. The molecule has 0 aliphatic carbocycles. The van der Waals surface area contributed by atoms with E-state index in [1.54, 1.807) is 7.11 Å². The normalized spacial score (nSPS) is 27.7. The maximum absolute atomic E-state index is 12.8. The van der Waals surface area contributed by atoms with Gasteiger partial charge in [0.1, 0.15) is 12.4 Å². The number of ether oxygens (including phenoxy) is 3. The summed E-state index contributed by atoms with van der Waals surface area (Å²) in [7, 11) is 3.79. The van der Waals surface area contributed by atoms with Crippen LogP contribution in [0, 0.1) is 5.92 Å². The van der Waals surface area contributed by atoms with Crippen molar-refractivity contribution in [2.75, 3.05) is 40.6 Å². The van der Waals surface area contributed by atoms with Gasteiger partial charge in [-0.25, -0.2) is 0 Å². The Morgan fingerprint density at radius 3 is 2.43 bits per heavy atom. The number of fused-ring (bicyclic) bond motifs is 2. The number of hydrogen-bond acceptors (Lipinski definition) is 5. The van der Waals surface area contributed by atoms with Crippen LogP contribution >= 0.6 is 0 Å². The van der Waals surface area contributed by atoms with E-state index in [4.69, 9.17) is 14.2 Å². The lowest BCUT2D eigenvalue weighted by Gasteiger charge is -2.46. The van der Waals surface area contributed by atoms with E-state index in [1.807, 2.05) is 24.3 Å². The summed E-state index contributed by atoms with van der Waals surface area (Å²) in [6.45, 7) is 2.55. The first kappa shape index (κ1) is 16.4. The second-order valence-electron chi connectivity index (χ2n) is 6.41. The second kappa shape index (κ2) is 7.43. The van der Waals surface area contributed by atoms with Crippen molar-refractivity contribution in [3.63, 3.8) is 0 Å². The number of rotatable bonds is 6. The van der Waals surface area contributed by atoms with Crippen molar-refractivity contribution in [3.05, 3.63) is 29.8 Å². The van der Waals surface area contributed by atoms with Gasteiger partial charge in [-0.3, -0.25) is 9.69 Å². The van der Waals surface area contributed by atoms with E-state index in [1.165, 1.54) is 0 Å². The van der Waals surface area contributed by atoms with Crippen LogP contribution in [0.2, 0.25) is 0 Å². The largest absolute Gasteiger partial charge is 0.491 e. The molecule has 5 heteroatoms. The average molecular weight is 319 g/mol. The number of Topliss-reactive ketones (excluding diaryl/α,β-unsaturated/α-hetero) is 1. The van der Waals surface area contributed by atoms with Crippen LogP contribution in [0.5, 0.6) is 5.75 Å². The highest BCUT2D eigenvalue weighted by atomic mass is 16.5. The Morgan fingerprint density at radius 2 is 1.83 bits per heavy atom. The van der Waals surface area contributed by atoms with Crippen LogP contribution < -0.4 is 4.74 Å². The van der Waals surface area contributed by atoms with Crippen LogP contribution in [0.4, 0.5) is 0 Å². The van der Waals surface area contributed by atoms with Crippen LogP contribution in [0.3, 0.4) is 0 Å². The van der Waals surface area contributed by atoms with Gasteiger partial charge in [0, 0.05) is 30.7 Å². The Morgan fingerprint density at radius 1 is 1.17 bits per heavy atom. The second-order valence-corrected chi connectivity index (χ2v) is 6.41. The number of ketones is 1. The van der Waals surface area contributed by atoms with E-state index < -0.39 is 0 Å². The van der Waals surface area contributed by atoms with Gasteiger partial charge in [0.2, 0.25) is 0 Å². The molecule has 2 saturated heterocycles. The number of piperidine rings is 1. The summed E-state index contributed by atoms with van der Waals surface area (Å²) >= 11 is 0. The summed E-state index contributed by atoms with van der Waals surface area (Å²) < 4.78 is 16.1. The maximum atomic E-state index is 12.8. The first-order valence-electron chi connectivity index (χ1n) is 8.24. The fourth-order valence-electron chi connectivity index (χ4n) is 3.50. The average Bonchev–Trinajstić information content (AvgIpc) is 2.55. The molecular formula is C18H25NO4. The zero-order valence-corrected chi connectivity index (χ0v) is 13.9. The quantitative estimate of drug-likeness (QED) is 0.593. The van der Waals surface area contributed by atoms with Crippen molar-refractivity contribution in [1.82, 2.24) is 4.90 Å². The highest BCUT2D eigenvalue weighted by Gasteiger charge is 2.39. The number of benzene rings is 1. The molecule has 5 nitrogen and oxygen atoms in total. The molecule has 0 amide bonds. The van der Waals surface area contributed by atoms with Crippen LogP contribution in [-0.2, 0) is 9.47 Å². The lowest BCUT2D eigenvalue weighted by Crippen LogP contribution is -2.55. The van der Waals surface area contributed by atoms with Crippen molar-refractivity contribution in [2.45, 2.75) is 24.9 Å². The lowest BCUT2D eigenvalue weighted by molar-refractivity contribution is -0.0702. The van der Waals surface area contributed by atoms with Gasteiger partial charge < -0.3 is 14.2 Å². The van der Waals surface area contributed by atoms with E-state index in [0.717, 1.165) is 37.4 Å². The predicted octanol–water partition coefficient (Wildman–Crippen LogP) is 2.00. The molecule has 2 heterocycles. The third kappa shape index (κ3) is 3.74. The molecule has 23 heavy (non-hydrogen) atoms. The molecule has 0 spiro atoms. The number of nitrogens with zero attached hydrogens (tertiary/aromatic N) is 1. The van der Waals surface area contributed by atoms with E-state index in [2.05, 4.69) is 11.9 Å². The van der Waals surface area contributed by atoms with Gasteiger partial charge >= 0.3 is 0 Å². The summed E-state index contributed by atoms with van der Waals surface area (Å²) in [5.74, 6) is 1.12. The van der Waals surface area contributed by atoms with Gasteiger partial charge in [-0.15, -0.1) is 0 Å². The molecule has 1 aromatic rings. The van der Waals surface area contributed by atoms with E-state index >= 15 is 0 Å². The molecule has 2 fully saturated rings. The number of methoxy groups -OCH3 is 1. The number of morpholine rings is 1. The van der Waals surface area contributed by atoms with Crippen molar-refractivity contribution in [2.24, 2.45) is 5.92 Å². The molecule has 2 unspecified atom stereocenters. The molecule has 2 atom stereocenters. The Labute approximate surface area is 137 Å². The third-order valence-electron chi connectivity index (χ3n) is 4.95. The van der Waals surface area contributed by atoms with Crippen LogP contribution in [0.1, 0.15) is 23.2 Å². The van der Waals surface area contributed by atoms with Crippen molar-refractivity contribution >= 4 is 5.78 Å². The first-order valence-corrected chi connectivity index (χ1v) is 8.24. The number of carbonyl (C=O) groups is 1.